The maximum Gasteiger partial charge on any atom is 0.288 e. The number of hydrogen-bond donors (Lipinski definition) is 2. The average molecular weight is 424 g/mol. The van der Waals surface area contributed by atoms with Crippen LogP contribution in [0.4, 0.5) is 11.5 Å². The molecule has 0 radical (unpaired) electrons. The lowest BCUT2D eigenvalue weighted by Crippen LogP contribution is -2.39. The van der Waals surface area contributed by atoms with Gasteiger partial charge in [-0.15, -0.1) is 0 Å². The molecule has 1 aliphatic heterocycles. The number of piperidine rings is 1. The average Bonchev–Trinajstić information content (AvgIpc) is 2.62. The molecular weight excluding hydrogens is 405 g/mol. The number of primary amides is 1. The van der Waals surface area contributed by atoms with Gasteiger partial charge in [-0.2, -0.15) is 0 Å². The zero-order valence-corrected chi connectivity index (χ0v) is 16.4. The molecule has 3 rings (SSSR count). The van der Waals surface area contributed by atoms with E-state index in [1.54, 1.807) is 6.07 Å². The highest BCUT2D eigenvalue weighted by molar-refractivity contribution is 6.34. The lowest BCUT2D eigenvalue weighted by atomic mass is 10.0. The second-order valence-electron chi connectivity index (χ2n) is 6.68. The van der Waals surface area contributed by atoms with Crippen LogP contribution in [0, 0.1) is 10.1 Å². The molecular formula is C18H19Cl2N5O3. The lowest BCUT2D eigenvalue weighted by molar-refractivity contribution is -0.385. The van der Waals surface area contributed by atoms with Crippen molar-refractivity contribution in [3.8, 4) is 0 Å². The molecule has 0 unspecified atom stereocenters. The lowest BCUT2D eigenvalue weighted by Gasteiger charge is -2.32. The largest absolute Gasteiger partial charge is 0.367 e. The van der Waals surface area contributed by atoms with E-state index >= 15 is 0 Å². The van der Waals surface area contributed by atoms with Crippen molar-refractivity contribution in [1.29, 1.82) is 0 Å². The monoisotopic (exact) mass is 423 g/mol. The van der Waals surface area contributed by atoms with Crippen molar-refractivity contribution in [1.82, 2.24) is 9.88 Å². The number of nitrogens with one attached hydrogen (secondary N) is 1. The van der Waals surface area contributed by atoms with Crippen LogP contribution in [0.5, 0.6) is 0 Å². The fourth-order valence-electron chi connectivity index (χ4n) is 3.25. The van der Waals surface area contributed by atoms with E-state index in [2.05, 4.69) is 15.2 Å². The van der Waals surface area contributed by atoms with E-state index in [9.17, 15) is 14.9 Å². The molecule has 8 nitrogen and oxygen atoms in total. The second kappa shape index (κ2) is 8.72. The number of likely N-dealkylation sites (tertiary alicyclic amines) is 1. The molecule has 148 valence electrons. The number of nitrogens with two attached hydrogens (primary N) is 1. The van der Waals surface area contributed by atoms with Crippen LogP contribution in [0.2, 0.25) is 10.0 Å². The number of nitrogens with zero attached hydrogens (tertiary/aromatic N) is 3. The van der Waals surface area contributed by atoms with Crippen molar-refractivity contribution in [2.75, 3.05) is 18.4 Å². The van der Waals surface area contributed by atoms with Crippen molar-refractivity contribution in [3.05, 3.63) is 61.7 Å². The van der Waals surface area contributed by atoms with E-state index in [0.29, 0.717) is 10.0 Å². The van der Waals surface area contributed by atoms with Crippen LogP contribution >= 0.6 is 23.2 Å². The third-order valence-corrected chi connectivity index (χ3v) is 5.04. The Morgan fingerprint density at radius 2 is 1.89 bits per heavy atom. The molecule has 1 amide bonds. The molecule has 1 fully saturated rings. The predicted octanol–water partition coefficient (Wildman–Crippen LogP) is 3.47. The van der Waals surface area contributed by atoms with Gasteiger partial charge in [0.05, 0.1) is 10.5 Å². The van der Waals surface area contributed by atoms with Gasteiger partial charge in [0.1, 0.15) is 12.0 Å². The summed E-state index contributed by atoms with van der Waals surface area (Å²) in [6.07, 6.45) is 2.77. The highest BCUT2D eigenvalue weighted by atomic mass is 35.5. The van der Waals surface area contributed by atoms with Crippen LogP contribution in [0.15, 0.2) is 30.5 Å². The number of nitro groups is 1. The SMILES string of the molecule is NC(=O)c1cc([N+](=O)[O-])cnc1NC1CCN(Cc2cc(Cl)cc(Cl)c2)CC1. The van der Waals surface area contributed by atoms with Crippen molar-refractivity contribution >= 4 is 40.6 Å². The number of hydrogen-bond acceptors (Lipinski definition) is 6. The zero-order chi connectivity index (χ0) is 20.3. The molecule has 0 saturated carbocycles. The first-order valence-electron chi connectivity index (χ1n) is 8.70. The standard InChI is InChI=1S/C18H19Cl2N5O3/c19-12-5-11(6-13(20)7-12)10-24-3-1-14(2-4-24)23-18-16(17(21)26)8-15(9-22-18)25(27)28/h5-9,14H,1-4,10H2,(H2,21,26)(H,22,23). The van der Waals surface area contributed by atoms with Gasteiger partial charge in [0.15, 0.2) is 0 Å². The normalized spacial score (nSPS) is 15.4. The highest BCUT2D eigenvalue weighted by Crippen LogP contribution is 2.24. The fourth-order valence-corrected chi connectivity index (χ4v) is 3.82. The Balaban J connectivity index is 1.61. The number of pyridine rings is 1. The first-order chi connectivity index (χ1) is 13.3. The van der Waals surface area contributed by atoms with Crippen LogP contribution in [-0.4, -0.2) is 39.8 Å². The second-order valence-corrected chi connectivity index (χ2v) is 7.56. The minimum Gasteiger partial charge on any atom is -0.367 e. The summed E-state index contributed by atoms with van der Waals surface area (Å²) in [5.41, 5.74) is 6.15. The number of carbonyl (C=O) groups excluding carboxylic acids is 1. The number of anilines is 1. The Bertz CT molecular complexity index is 881. The summed E-state index contributed by atoms with van der Waals surface area (Å²) in [6.45, 7) is 2.41. The third-order valence-electron chi connectivity index (χ3n) is 4.61. The summed E-state index contributed by atoms with van der Waals surface area (Å²) in [4.78, 5) is 28.2. The number of halogens is 2. The quantitative estimate of drug-likeness (QED) is 0.542. The van der Waals surface area contributed by atoms with Gasteiger partial charge in [-0.05, 0) is 36.6 Å². The Hall–Kier alpha value is -2.42. The Morgan fingerprint density at radius 3 is 2.46 bits per heavy atom. The fraction of sp³-hybridized carbons (Fsp3) is 0.333. The van der Waals surface area contributed by atoms with Gasteiger partial charge in [0, 0.05) is 41.8 Å². The summed E-state index contributed by atoms with van der Waals surface area (Å²) in [5.74, 6) is -0.479. The molecule has 1 saturated heterocycles. The Morgan fingerprint density at radius 1 is 1.25 bits per heavy atom. The summed E-state index contributed by atoms with van der Waals surface area (Å²) >= 11 is 12.1. The summed E-state index contributed by atoms with van der Waals surface area (Å²) in [7, 11) is 0. The molecule has 3 N–H and O–H groups in total. The van der Waals surface area contributed by atoms with Crippen molar-refractivity contribution in [3.63, 3.8) is 0 Å². The Labute approximate surface area is 171 Å². The molecule has 0 spiro atoms. The van der Waals surface area contributed by atoms with Crippen LogP contribution in [0.25, 0.3) is 0 Å². The van der Waals surface area contributed by atoms with E-state index in [1.807, 2.05) is 12.1 Å². The molecule has 1 aliphatic rings. The van der Waals surface area contributed by atoms with Gasteiger partial charge in [-0.1, -0.05) is 23.2 Å². The molecule has 0 bridgehead atoms. The van der Waals surface area contributed by atoms with E-state index in [1.165, 1.54) is 0 Å². The zero-order valence-electron chi connectivity index (χ0n) is 14.9. The summed E-state index contributed by atoms with van der Waals surface area (Å²) < 4.78 is 0. The first-order valence-corrected chi connectivity index (χ1v) is 9.45. The molecule has 2 heterocycles. The molecule has 0 atom stereocenters. The van der Waals surface area contributed by atoms with Crippen LogP contribution in [0.1, 0.15) is 28.8 Å². The summed E-state index contributed by atoms with van der Waals surface area (Å²) in [6, 6.07) is 6.74. The van der Waals surface area contributed by atoms with Crippen molar-refractivity contribution in [2.24, 2.45) is 5.73 Å². The van der Waals surface area contributed by atoms with Crippen molar-refractivity contribution in [2.45, 2.75) is 25.4 Å². The number of aromatic nitrogens is 1. The third kappa shape index (κ3) is 5.09. The van der Waals surface area contributed by atoms with Gasteiger partial charge in [-0.3, -0.25) is 19.8 Å². The van der Waals surface area contributed by atoms with Gasteiger partial charge < -0.3 is 11.1 Å². The topological polar surface area (TPSA) is 114 Å². The molecule has 28 heavy (non-hydrogen) atoms. The number of rotatable bonds is 6. The predicted molar refractivity (Wildman–Crippen MR) is 108 cm³/mol. The highest BCUT2D eigenvalue weighted by Gasteiger charge is 2.23. The summed E-state index contributed by atoms with van der Waals surface area (Å²) in [5, 5.41) is 15.3. The first kappa shape index (κ1) is 20.3. The number of amides is 1. The van der Waals surface area contributed by atoms with Gasteiger partial charge in [0.25, 0.3) is 11.6 Å². The molecule has 2 aromatic rings. The Kier molecular flexibility index (Phi) is 6.33. The minimum absolute atomic E-state index is 0.0187. The van der Waals surface area contributed by atoms with Gasteiger partial charge >= 0.3 is 0 Å². The molecule has 1 aromatic carbocycles. The maximum atomic E-state index is 11.6. The maximum absolute atomic E-state index is 11.6. The number of carbonyl (C=O) groups is 1. The minimum atomic E-state index is -0.756. The van der Waals surface area contributed by atoms with Crippen LogP contribution < -0.4 is 11.1 Å². The van der Waals surface area contributed by atoms with E-state index in [4.69, 9.17) is 28.9 Å². The van der Waals surface area contributed by atoms with E-state index in [-0.39, 0.29) is 23.1 Å². The van der Waals surface area contributed by atoms with Gasteiger partial charge in [-0.25, -0.2) is 4.98 Å². The van der Waals surface area contributed by atoms with Crippen molar-refractivity contribution < 1.29 is 9.72 Å². The van der Waals surface area contributed by atoms with Gasteiger partial charge in [0.2, 0.25) is 0 Å². The number of benzene rings is 1. The molecule has 0 aliphatic carbocycles. The van der Waals surface area contributed by atoms with E-state index in [0.717, 1.165) is 50.3 Å². The van der Waals surface area contributed by atoms with Crippen LogP contribution in [0.3, 0.4) is 0 Å². The van der Waals surface area contributed by atoms with Crippen LogP contribution in [-0.2, 0) is 6.54 Å². The smallest absolute Gasteiger partial charge is 0.288 e. The molecule has 1 aromatic heterocycles. The molecule has 10 heteroatoms. The van der Waals surface area contributed by atoms with E-state index < -0.39 is 10.8 Å².